The van der Waals surface area contributed by atoms with Gasteiger partial charge in [-0.15, -0.1) is 0 Å². The van der Waals surface area contributed by atoms with Crippen LogP contribution in [0.15, 0.2) is 69.6 Å². The average molecular weight is 632 g/mol. The van der Waals surface area contributed by atoms with Crippen LogP contribution < -0.4 is 14.9 Å². The number of esters is 2. The third-order valence-corrected chi connectivity index (χ3v) is 8.16. The summed E-state index contributed by atoms with van der Waals surface area (Å²) in [5.41, 5.74) is -0.674. The van der Waals surface area contributed by atoms with Crippen LogP contribution in [0, 0.1) is 6.92 Å². The fraction of sp³-hybridized carbons (Fsp3) is 0.267. The number of rotatable bonds is 7. The topological polar surface area (TPSA) is 91.9 Å². The number of ether oxygens (including phenoxy) is 2. The summed E-state index contributed by atoms with van der Waals surface area (Å²) in [5, 5.41) is 1.05. The van der Waals surface area contributed by atoms with E-state index >= 15 is 0 Å². The van der Waals surface area contributed by atoms with E-state index in [-0.39, 0.29) is 34.7 Å². The Hall–Kier alpha value is -4.16. The molecule has 1 aliphatic heterocycles. The molecule has 0 amide bonds. The Balaban J connectivity index is 1.79. The zero-order valence-electron chi connectivity index (χ0n) is 23.2. The van der Waals surface area contributed by atoms with Crippen molar-refractivity contribution >= 4 is 51.9 Å². The first-order chi connectivity index (χ1) is 20.5. The summed E-state index contributed by atoms with van der Waals surface area (Å²) in [6, 6.07) is 11.6. The lowest BCUT2D eigenvalue weighted by molar-refractivity contribution is -0.143. The van der Waals surface area contributed by atoms with E-state index < -0.39 is 41.0 Å². The highest BCUT2D eigenvalue weighted by atomic mass is 35.5. The van der Waals surface area contributed by atoms with E-state index in [9.17, 15) is 27.6 Å². The van der Waals surface area contributed by atoms with Gasteiger partial charge in [0.25, 0.3) is 5.56 Å². The van der Waals surface area contributed by atoms with Crippen molar-refractivity contribution in [1.29, 1.82) is 0 Å². The van der Waals surface area contributed by atoms with Crippen molar-refractivity contribution in [3.05, 3.63) is 101 Å². The molecule has 1 atom stereocenters. The average Bonchev–Trinajstić information content (AvgIpc) is 3.41. The predicted octanol–water partition coefficient (Wildman–Crippen LogP) is 4.82. The van der Waals surface area contributed by atoms with Crippen molar-refractivity contribution in [3.63, 3.8) is 0 Å². The number of aromatic nitrogens is 2. The van der Waals surface area contributed by atoms with Crippen LogP contribution in [0.25, 0.3) is 17.0 Å². The summed E-state index contributed by atoms with van der Waals surface area (Å²) in [5.74, 6) is -1.67. The fourth-order valence-corrected chi connectivity index (χ4v) is 6.22. The highest BCUT2D eigenvalue weighted by molar-refractivity contribution is 7.07. The molecule has 8 nitrogen and oxygen atoms in total. The molecule has 0 unspecified atom stereocenters. The van der Waals surface area contributed by atoms with Crippen molar-refractivity contribution in [2.45, 2.75) is 39.5 Å². The summed E-state index contributed by atoms with van der Waals surface area (Å²) in [7, 11) is 0. The van der Waals surface area contributed by atoms with Gasteiger partial charge in [0.05, 0.1) is 29.4 Å². The number of benzene rings is 2. The van der Waals surface area contributed by atoms with Gasteiger partial charge in [0.15, 0.2) is 10.5 Å². The third-order valence-electron chi connectivity index (χ3n) is 6.93. The zero-order chi connectivity index (χ0) is 31.1. The summed E-state index contributed by atoms with van der Waals surface area (Å²) < 4.78 is 56.2. The monoisotopic (exact) mass is 631 g/mol. The van der Waals surface area contributed by atoms with Crippen LogP contribution in [0.1, 0.15) is 36.7 Å². The Labute approximate surface area is 251 Å². The van der Waals surface area contributed by atoms with Crippen LogP contribution in [0.2, 0.25) is 5.02 Å². The number of halogens is 4. The molecule has 0 saturated carbocycles. The maximum Gasteiger partial charge on any atom is 0.434 e. The Morgan fingerprint density at radius 1 is 1.07 bits per heavy atom. The van der Waals surface area contributed by atoms with Gasteiger partial charge in [-0.1, -0.05) is 53.3 Å². The SMILES string of the molecule is CCOC(=O)Cn1c(C)c(/C=c2\sc3n(c2=O)[C@H](c2ccc(Cl)cc2)C(C(=O)OCC)=C(C(F)(F)F)N=3)c2ccccc21. The molecule has 224 valence electrons. The van der Waals surface area contributed by atoms with Gasteiger partial charge in [-0.2, -0.15) is 13.2 Å². The molecule has 4 aromatic rings. The van der Waals surface area contributed by atoms with E-state index in [0.717, 1.165) is 26.8 Å². The molecule has 0 radical (unpaired) electrons. The maximum absolute atomic E-state index is 14.4. The van der Waals surface area contributed by atoms with Gasteiger partial charge in [0.2, 0.25) is 0 Å². The van der Waals surface area contributed by atoms with Crippen LogP contribution in [0.3, 0.4) is 0 Å². The van der Waals surface area contributed by atoms with Crippen molar-refractivity contribution < 1.29 is 32.2 Å². The number of hydrogen-bond acceptors (Lipinski definition) is 7. The number of alkyl halides is 3. The van der Waals surface area contributed by atoms with Crippen molar-refractivity contribution in [1.82, 2.24) is 9.13 Å². The maximum atomic E-state index is 14.4. The van der Waals surface area contributed by atoms with E-state index in [2.05, 4.69) is 4.99 Å². The fourth-order valence-electron chi connectivity index (χ4n) is 5.11. The number of thiazole rings is 1. The molecule has 0 saturated heterocycles. The smallest absolute Gasteiger partial charge is 0.434 e. The van der Waals surface area contributed by atoms with Crippen LogP contribution in [0.4, 0.5) is 13.2 Å². The molecule has 0 fully saturated rings. The van der Waals surface area contributed by atoms with Crippen molar-refractivity contribution in [2.75, 3.05) is 13.2 Å². The molecule has 1 aliphatic rings. The van der Waals surface area contributed by atoms with Gasteiger partial charge in [-0.25, -0.2) is 9.79 Å². The summed E-state index contributed by atoms with van der Waals surface area (Å²) in [6.07, 6.45) is -3.44. The van der Waals surface area contributed by atoms with Gasteiger partial charge < -0.3 is 14.0 Å². The number of para-hydroxylation sites is 1. The molecule has 2 aromatic carbocycles. The van der Waals surface area contributed by atoms with E-state index in [4.69, 9.17) is 21.1 Å². The second kappa shape index (κ2) is 11.8. The minimum Gasteiger partial charge on any atom is -0.465 e. The highest BCUT2D eigenvalue weighted by Gasteiger charge is 2.45. The highest BCUT2D eigenvalue weighted by Crippen LogP contribution is 2.38. The van der Waals surface area contributed by atoms with Gasteiger partial charge in [0.1, 0.15) is 6.54 Å². The lowest BCUT2D eigenvalue weighted by atomic mass is 9.95. The number of carbonyl (C=O) groups is 2. The van der Waals surface area contributed by atoms with Crippen molar-refractivity contribution in [3.8, 4) is 0 Å². The molecule has 2 aromatic heterocycles. The molecule has 3 heterocycles. The predicted molar refractivity (Wildman–Crippen MR) is 156 cm³/mol. The van der Waals surface area contributed by atoms with Gasteiger partial charge in [0, 0.05) is 27.2 Å². The van der Waals surface area contributed by atoms with Gasteiger partial charge >= 0.3 is 18.1 Å². The van der Waals surface area contributed by atoms with Crippen LogP contribution in [0.5, 0.6) is 0 Å². The Kier molecular flexibility index (Phi) is 8.35. The molecule has 0 spiro atoms. The minimum absolute atomic E-state index is 0.0658. The molecular formula is C30H25ClF3N3O5S. The van der Waals surface area contributed by atoms with Crippen LogP contribution in [-0.4, -0.2) is 40.5 Å². The lowest BCUT2D eigenvalue weighted by Crippen LogP contribution is -2.41. The number of fused-ring (bicyclic) bond motifs is 2. The number of nitrogens with zero attached hydrogens (tertiary/aromatic N) is 3. The first-order valence-corrected chi connectivity index (χ1v) is 14.4. The molecule has 0 N–H and O–H groups in total. The Bertz CT molecular complexity index is 1960. The quantitative estimate of drug-likeness (QED) is 0.273. The standard InChI is InChI=1S/C30H25ClF3N3O5S/c1-4-41-23(38)15-36-16(3)20(19-8-6-7-9-21(19)36)14-22-27(39)37-25(17-10-12-18(31)13-11-17)24(28(40)42-5-2)26(30(32,33)34)35-29(37)43-22/h6-14,25H,4-5,15H2,1-3H3/b22-14-/t25-/m1/s1. The molecule has 0 aliphatic carbocycles. The summed E-state index contributed by atoms with van der Waals surface area (Å²) in [6.45, 7) is 4.92. The zero-order valence-corrected chi connectivity index (χ0v) is 24.8. The van der Waals surface area contributed by atoms with Gasteiger partial charge in [-0.3, -0.25) is 14.2 Å². The number of carbonyl (C=O) groups excluding carboxylic acids is 2. The van der Waals surface area contributed by atoms with E-state index in [1.54, 1.807) is 30.6 Å². The van der Waals surface area contributed by atoms with Crippen molar-refractivity contribution in [2.24, 2.45) is 4.99 Å². The van der Waals surface area contributed by atoms with Crippen LogP contribution >= 0.6 is 22.9 Å². The Morgan fingerprint density at radius 2 is 1.74 bits per heavy atom. The minimum atomic E-state index is -5.01. The molecule has 13 heteroatoms. The largest absolute Gasteiger partial charge is 0.465 e. The molecule has 5 rings (SSSR count). The number of hydrogen-bond donors (Lipinski definition) is 0. The molecule has 0 bridgehead atoms. The van der Waals surface area contributed by atoms with Gasteiger partial charge in [-0.05, 0) is 50.6 Å². The molecule has 43 heavy (non-hydrogen) atoms. The van der Waals surface area contributed by atoms with E-state index in [0.29, 0.717) is 16.3 Å². The second-order valence-corrected chi connectivity index (χ2v) is 11.0. The first kappa shape index (κ1) is 30.3. The summed E-state index contributed by atoms with van der Waals surface area (Å²) in [4.78, 5) is 42.9. The third kappa shape index (κ3) is 5.64. The van der Waals surface area contributed by atoms with Crippen LogP contribution in [-0.2, 0) is 25.6 Å². The molecular weight excluding hydrogens is 607 g/mol. The first-order valence-electron chi connectivity index (χ1n) is 13.2. The number of allylic oxidation sites excluding steroid dienone is 1. The van der Waals surface area contributed by atoms with E-state index in [1.165, 1.54) is 31.2 Å². The Morgan fingerprint density at radius 3 is 2.40 bits per heavy atom. The second-order valence-electron chi connectivity index (χ2n) is 9.52. The normalized spacial score (nSPS) is 15.4. The van der Waals surface area contributed by atoms with E-state index in [1.807, 2.05) is 18.2 Å². The lowest BCUT2D eigenvalue weighted by Gasteiger charge is -2.26. The summed E-state index contributed by atoms with van der Waals surface area (Å²) >= 11 is 6.80.